The molecule has 1 heterocycles. The molecule has 4 nitrogen and oxygen atoms in total. The Morgan fingerprint density at radius 1 is 1.16 bits per heavy atom. The van der Waals surface area contributed by atoms with Gasteiger partial charge in [0.15, 0.2) is 0 Å². The number of pyridine rings is 1. The van der Waals surface area contributed by atoms with E-state index in [1.54, 1.807) is 36.5 Å². The summed E-state index contributed by atoms with van der Waals surface area (Å²) in [5.74, 6) is 0.124. The number of carbonyl (C=O) groups excluding carboxylic acids is 1. The molecule has 0 fully saturated rings. The molecule has 0 aliphatic carbocycles. The van der Waals surface area contributed by atoms with Gasteiger partial charge in [-0.1, -0.05) is 18.2 Å². The highest BCUT2D eigenvalue weighted by Gasteiger charge is 2.04. The van der Waals surface area contributed by atoms with Gasteiger partial charge in [0, 0.05) is 12.7 Å². The minimum Gasteiger partial charge on any atom is -0.508 e. The fraction of sp³-hybridized carbons (Fsp3) is 0.200. The molecule has 0 bridgehead atoms. The van der Waals surface area contributed by atoms with E-state index in [1.165, 1.54) is 0 Å². The third-order valence-electron chi connectivity index (χ3n) is 2.76. The molecule has 1 aromatic heterocycles. The lowest BCUT2D eigenvalue weighted by molar-refractivity contribution is 0.0948. The smallest absolute Gasteiger partial charge is 0.269 e. The van der Waals surface area contributed by atoms with Crippen LogP contribution in [-0.2, 0) is 6.42 Å². The van der Waals surface area contributed by atoms with Gasteiger partial charge in [-0.15, -0.1) is 0 Å². The van der Waals surface area contributed by atoms with E-state index in [0.29, 0.717) is 12.2 Å². The predicted octanol–water partition coefficient (Wildman–Crippen LogP) is 2.15. The van der Waals surface area contributed by atoms with E-state index in [2.05, 4.69) is 10.3 Å². The number of amides is 1. The maximum atomic E-state index is 11.7. The zero-order valence-corrected chi connectivity index (χ0v) is 10.5. The number of nitrogens with one attached hydrogen (secondary N) is 1. The van der Waals surface area contributed by atoms with Gasteiger partial charge in [0.05, 0.1) is 0 Å². The lowest BCUT2D eigenvalue weighted by Gasteiger charge is -2.05. The molecule has 0 radical (unpaired) electrons. The van der Waals surface area contributed by atoms with E-state index in [-0.39, 0.29) is 11.7 Å². The lowest BCUT2D eigenvalue weighted by atomic mass is 10.1. The van der Waals surface area contributed by atoms with Crippen molar-refractivity contribution in [2.75, 3.05) is 6.54 Å². The quantitative estimate of drug-likeness (QED) is 0.806. The van der Waals surface area contributed by atoms with E-state index in [4.69, 9.17) is 5.11 Å². The topological polar surface area (TPSA) is 62.2 Å². The van der Waals surface area contributed by atoms with Crippen molar-refractivity contribution < 1.29 is 9.90 Å². The molecule has 0 unspecified atom stereocenters. The van der Waals surface area contributed by atoms with E-state index in [9.17, 15) is 4.79 Å². The van der Waals surface area contributed by atoms with Gasteiger partial charge in [0.25, 0.3) is 5.91 Å². The molecule has 0 spiro atoms. The Hall–Kier alpha value is -2.36. The first-order valence-electron chi connectivity index (χ1n) is 6.23. The highest BCUT2D eigenvalue weighted by atomic mass is 16.3. The minimum atomic E-state index is -0.147. The second-order valence-electron chi connectivity index (χ2n) is 4.24. The summed E-state index contributed by atoms with van der Waals surface area (Å²) in [6.45, 7) is 0.607. The first kappa shape index (κ1) is 13.1. The Balaban J connectivity index is 1.72. The van der Waals surface area contributed by atoms with E-state index < -0.39 is 0 Å². The zero-order valence-electron chi connectivity index (χ0n) is 10.5. The largest absolute Gasteiger partial charge is 0.508 e. The molecule has 2 N–H and O–H groups in total. The molecule has 0 atom stereocenters. The van der Waals surface area contributed by atoms with Crippen LogP contribution >= 0.6 is 0 Å². The Morgan fingerprint density at radius 2 is 1.95 bits per heavy atom. The molecule has 2 aromatic rings. The molecule has 0 saturated carbocycles. The monoisotopic (exact) mass is 256 g/mol. The molecule has 0 aliphatic rings. The number of phenolic OH excluding ortho intramolecular Hbond substituents is 1. The van der Waals surface area contributed by atoms with Crippen LogP contribution in [0.25, 0.3) is 0 Å². The second-order valence-corrected chi connectivity index (χ2v) is 4.24. The van der Waals surface area contributed by atoms with Crippen LogP contribution in [0.4, 0.5) is 0 Å². The van der Waals surface area contributed by atoms with Crippen molar-refractivity contribution >= 4 is 5.91 Å². The SMILES string of the molecule is O=C(NCCCc1ccc(O)cc1)c1ccccn1. The molecular weight excluding hydrogens is 240 g/mol. The first-order valence-corrected chi connectivity index (χ1v) is 6.23. The highest BCUT2D eigenvalue weighted by Crippen LogP contribution is 2.10. The number of nitrogens with zero attached hydrogens (tertiary/aromatic N) is 1. The third-order valence-corrected chi connectivity index (χ3v) is 2.76. The van der Waals surface area contributed by atoms with Gasteiger partial charge in [-0.3, -0.25) is 9.78 Å². The Morgan fingerprint density at radius 3 is 2.63 bits per heavy atom. The third kappa shape index (κ3) is 4.10. The number of aryl methyl sites for hydroxylation is 1. The molecule has 0 saturated heterocycles. The molecule has 1 amide bonds. The van der Waals surface area contributed by atoms with Crippen LogP contribution < -0.4 is 5.32 Å². The molecule has 2 rings (SSSR count). The van der Waals surface area contributed by atoms with Crippen molar-refractivity contribution in [3.05, 3.63) is 59.9 Å². The van der Waals surface area contributed by atoms with Crippen LogP contribution in [0.1, 0.15) is 22.5 Å². The van der Waals surface area contributed by atoms with Crippen molar-refractivity contribution in [1.82, 2.24) is 10.3 Å². The number of aromatic hydroxyl groups is 1. The standard InChI is InChI=1S/C15H16N2O2/c18-13-8-6-12(7-9-13)4-3-11-17-15(19)14-5-1-2-10-16-14/h1-2,5-10,18H,3-4,11H2,(H,17,19). The fourth-order valence-corrected chi connectivity index (χ4v) is 1.74. The Labute approximate surface area is 112 Å². The molecule has 98 valence electrons. The van der Waals surface area contributed by atoms with Gasteiger partial charge in [-0.2, -0.15) is 0 Å². The number of carbonyl (C=O) groups is 1. The van der Waals surface area contributed by atoms with Gasteiger partial charge in [0.1, 0.15) is 11.4 Å². The molecule has 0 aliphatic heterocycles. The molecule has 19 heavy (non-hydrogen) atoms. The Kier molecular flexibility index (Phi) is 4.50. The number of phenols is 1. The summed E-state index contributed by atoms with van der Waals surface area (Å²) >= 11 is 0. The number of hydrogen-bond acceptors (Lipinski definition) is 3. The Bertz CT molecular complexity index is 524. The molecule has 4 heteroatoms. The summed E-state index contributed by atoms with van der Waals surface area (Å²) in [6, 6.07) is 12.4. The van der Waals surface area contributed by atoms with Gasteiger partial charge in [0.2, 0.25) is 0 Å². The average molecular weight is 256 g/mol. The van der Waals surface area contributed by atoms with Crippen molar-refractivity contribution in [2.45, 2.75) is 12.8 Å². The summed E-state index contributed by atoms with van der Waals surface area (Å²) in [5.41, 5.74) is 1.58. The van der Waals surface area contributed by atoms with Crippen LogP contribution in [0, 0.1) is 0 Å². The number of aromatic nitrogens is 1. The lowest BCUT2D eigenvalue weighted by Crippen LogP contribution is -2.25. The first-order chi connectivity index (χ1) is 9.25. The summed E-state index contributed by atoms with van der Waals surface area (Å²) in [4.78, 5) is 15.7. The van der Waals surface area contributed by atoms with Crippen molar-refractivity contribution in [1.29, 1.82) is 0 Å². The van der Waals surface area contributed by atoms with Crippen LogP contribution in [0.5, 0.6) is 5.75 Å². The summed E-state index contributed by atoms with van der Waals surface area (Å²) in [5, 5.41) is 12.0. The molecule has 1 aromatic carbocycles. The summed E-state index contributed by atoms with van der Waals surface area (Å²) < 4.78 is 0. The van der Waals surface area contributed by atoms with Crippen LogP contribution in [0.3, 0.4) is 0 Å². The van der Waals surface area contributed by atoms with Gasteiger partial charge >= 0.3 is 0 Å². The maximum absolute atomic E-state index is 11.7. The van der Waals surface area contributed by atoms with Gasteiger partial charge in [-0.05, 0) is 42.7 Å². The summed E-state index contributed by atoms with van der Waals surface area (Å²) in [6.07, 6.45) is 3.32. The van der Waals surface area contributed by atoms with E-state index in [0.717, 1.165) is 18.4 Å². The predicted molar refractivity (Wildman–Crippen MR) is 73.0 cm³/mol. The fourth-order valence-electron chi connectivity index (χ4n) is 1.74. The van der Waals surface area contributed by atoms with Gasteiger partial charge < -0.3 is 10.4 Å². The minimum absolute atomic E-state index is 0.147. The number of benzene rings is 1. The van der Waals surface area contributed by atoms with Gasteiger partial charge in [-0.25, -0.2) is 0 Å². The van der Waals surface area contributed by atoms with E-state index in [1.807, 2.05) is 12.1 Å². The van der Waals surface area contributed by atoms with Crippen molar-refractivity contribution in [3.8, 4) is 5.75 Å². The normalized spacial score (nSPS) is 10.1. The van der Waals surface area contributed by atoms with Crippen molar-refractivity contribution in [2.24, 2.45) is 0 Å². The zero-order chi connectivity index (χ0) is 13.5. The van der Waals surface area contributed by atoms with Crippen molar-refractivity contribution in [3.63, 3.8) is 0 Å². The molecular formula is C15H16N2O2. The second kappa shape index (κ2) is 6.54. The highest BCUT2D eigenvalue weighted by molar-refractivity contribution is 5.92. The average Bonchev–Trinajstić information content (AvgIpc) is 2.46. The van der Waals surface area contributed by atoms with E-state index >= 15 is 0 Å². The van der Waals surface area contributed by atoms with Crippen LogP contribution in [0.2, 0.25) is 0 Å². The number of hydrogen-bond donors (Lipinski definition) is 2. The number of rotatable bonds is 5. The summed E-state index contributed by atoms with van der Waals surface area (Å²) in [7, 11) is 0. The van der Waals surface area contributed by atoms with Crippen LogP contribution in [-0.4, -0.2) is 22.5 Å². The van der Waals surface area contributed by atoms with Crippen LogP contribution in [0.15, 0.2) is 48.7 Å². The maximum Gasteiger partial charge on any atom is 0.269 e.